The normalized spacial score (nSPS) is 22.0. The van der Waals surface area contributed by atoms with Gasteiger partial charge in [0.05, 0.1) is 6.54 Å². The van der Waals surface area contributed by atoms with E-state index in [1.165, 1.54) is 4.90 Å². The molecule has 0 bridgehead atoms. The zero-order chi connectivity index (χ0) is 27.5. The summed E-state index contributed by atoms with van der Waals surface area (Å²) in [5, 5.41) is 2.84. The summed E-state index contributed by atoms with van der Waals surface area (Å²) >= 11 is 0. The second-order valence-corrected chi connectivity index (χ2v) is 10.2. The van der Waals surface area contributed by atoms with Gasteiger partial charge in [0.25, 0.3) is 5.91 Å². The molecule has 2 fully saturated rings. The van der Waals surface area contributed by atoms with Crippen LogP contribution in [0.25, 0.3) is 0 Å². The van der Waals surface area contributed by atoms with Gasteiger partial charge < -0.3 is 15.0 Å². The maximum atomic E-state index is 14.1. The van der Waals surface area contributed by atoms with Crippen LogP contribution in [-0.2, 0) is 20.7 Å². The molecular formula is C33H29N3O4. The van der Waals surface area contributed by atoms with Gasteiger partial charge in [-0.3, -0.25) is 14.5 Å². The third-order valence-corrected chi connectivity index (χ3v) is 7.59. The maximum Gasteiger partial charge on any atom is 0.412 e. The number of ether oxygens (including phenoxy) is 1. The average molecular weight is 532 g/mol. The van der Waals surface area contributed by atoms with Crippen LogP contribution in [0.1, 0.15) is 28.8 Å². The number of carbonyl (C=O) groups excluding carboxylic acids is 3. The number of hydrogen-bond acceptors (Lipinski definition) is 4. The number of benzene rings is 4. The minimum absolute atomic E-state index is 0.106. The molecule has 0 aromatic heterocycles. The Hall–Kier alpha value is -4.91. The molecule has 7 nitrogen and oxygen atoms in total. The highest BCUT2D eigenvalue weighted by Gasteiger charge is 2.63. The van der Waals surface area contributed by atoms with E-state index in [0.29, 0.717) is 12.1 Å². The summed E-state index contributed by atoms with van der Waals surface area (Å²) in [5.41, 5.74) is 2.12. The summed E-state index contributed by atoms with van der Waals surface area (Å²) in [6.45, 7) is 0.105. The molecule has 0 radical (unpaired) electrons. The van der Waals surface area contributed by atoms with E-state index in [2.05, 4.69) is 5.32 Å². The second kappa shape index (κ2) is 10.7. The van der Waals surface area contributed by atoms with Gasteiger partial charge in [0, 0.05) is 12.1 Å². The fourth-order valence-electron chi connectivity index (χ4n) is 5.80. The minimum atomic E-state index is -1.20. The topological polar surface area (TPSA) is 79.0 Å². The second-order valence-electron chi connectivity index (χ2n) is 10.2. The number of para-hydroxylation sites is 1. The van der Waals surface area contributed by atoms with E-state index in [1.54, 1.807) is 17.0 Å². The Morgan fingerprint density at radius 3 is 1.93 bits per heavy atom. The van der Waals surface area contributed by atoms with Crippen molar-refractivity contribution in [1.29, 1.82) is 0 Å². The van der Waals surface area contributed by atoms with Gasteiger partial charge in [0.15, 0.2) is 6.10 Å². The number of nitrogens with one attached hydrogen (secondary N) is 1. The number of rotatable bonds is 8. The van der Waals surface area contributed by atoms with E-state index in [1.807, 2.05) is 109 Å². The highest BCUT2D eigenvalue weighted by atomic mass is 16.6. The Balaban J connectivity index is 1.35. The van der Waals surface area contributed by atoms with E-state index >= 15 is 0 Å². The monoisotopic (exact) mass is 531 g/mol. The van der Waals surface area contributed by atoms with Gasteiger partial charge in [0.1, 0.15) is 18.1 Å². The lowest BCUT2D eigenvalue weighted by atomic mass is 9.78. The first-order valence-electron chi connectivity index (χ1n) is 13.3. The Morgan fingerprint density at radius 1 is 0.775 bits per heavy atom. The molecule has 0 aliphatic carbocycles. The zero-order valence-corrected chi connectivity index (χ0v) is 21.9. The molecule has 2 saturated heterocycles. The maximum absolute atomic E-state index is 14.1. The summed E-state index contributed by atoms with van der Waals surface area (Å²) in [4.78, 5) is 43.8. The van der Waals surface area contributed by atoms with Crippen LogP contribution in [0.15, 0.2) is 121 Å². The van der Waals surface area contributed by atoms with Gasteiger partial charge >= 0.3 is 6.09 Å². The molecule has 3 amide bonds. The quantitative estimate of drug-likeness (QED) is 0.310. The Bertz CT molecular complexity index is 1500. The molecule has 0 unspecified atom stereocenters. The Kier molecular flexibility index (Phi) is 6.78. The van der Waals surface area contributed by atoms with Gasteiger partial charge in [-0.15, -0.1) is 0 Å². The predicted molar refractivity (Wildman–Crippen MR) is 151 cm³/mol. The number of cyclic esters (lactones) is 1. The number of nitrogens with zero attached hydrogens (tertiary/aromatic N) is 2. The summed E-state index contributed by atoms with van der Waals surface area (Å²) in [6.07, 6.45) is -0.823. The molecule has 2 aliphatic heterocycles. The van der Waals surface area contributed by atoms with Crippen molar-refractivity contribution in [3.63, 3.8) is 0 Å². The SMILES string of the molecule is O=C(CN1C[C@@](Cc2ccccc2)(N2C(=O)O[C@H](c3ccccc3)[C@@H]2c2ccccc2)C1=O)Nc1ccccc1. The van der Waals surface area contributed by atoms with Crippen LogP contribution in [-0.4, -0.2) is 46.3 Å². The van der Waals surface area contributed by atoms with Gasteiger partial charge in [-0.05, 0) is 28.8 Å². The fraction of sp³-hybridized carbons (Fsp3) is 0.182. The van der Waals surface area contributed by atoms with Crippen molar-refractivity contribution in [3.8, 4) is 0 Å². The number of anilines is 1. The lowest BCUT2D eigenvalue weighted by molar-refractivity contribution is -0.164. The molecular weight excluding hydrogens is 502 g/mol. The molecule has 4 aromatic rings. The fourth-order valence-corrected chi connectivity index (χ4v) is 5.80. The number of hydrogen-bond donors (Lipinski definition) is 1. The van der Waals surface area contributed by atoms with Crippen molar-refractivity contribution >= 4 is 23.6 Å². The van der Waals surface area contributed by atoms with Crippen molar-refractivity contribution in [2.24, 2.45) is 0 Å². The molecule has 2 heterocycles. The zero-order valence-electron chi connectivity index (χ0n) is 21.9. The first-order chi connectivity index (χ1) is 19.5. The molecule has 1 N–H and O–H groups in total. The smallest absolute Gasteiger partial charge is 0.412 e. The van der Waals surface area contributed by atoms with Crippen LogP contribution in [0.2, 0.25) is 0 Å². The summed E-state index contributed by atoms with van der Waals surface area (Å²) in [7, 11) is 0. The van der Waals surface area contributed by atoms with E-state index in [0.717, 1.165) is 16.7 Å². The third-order valence-electron chi connectivity index (χ3n) is 7.59. The Morgan fingerprint density at radius 2 is 1.32 bits per heavy atom. The lowest BCUT2D eigenvalue weighted by Crippen LogP contribution is -2.76. The lowest BCUT2D eigenvalue weighted by Gasteiger charge is -2.53. The average Bonchev–Trinajstić information content (AvgIpc) is 3.35. The molecule has 0 spiro atoms. The highest BCUT2D eigenvalue weighted by Crippen LogP contribution is 2.50. The first kappa shape index (κ1) is 25.4. The largest absolute Gasteiger partial charge is 0.439 e. The summed E-state index contributed by atoms with van der Waals surface area (Å²) in [6, 6.07) is 37.6. The van der Waals surface area contributed by atoms with Gasteiger partial charge in [0.2, 0.25) is 5.91 Å². The summed E-state index contributed by atoms with van der Waals surface area (Å²) in [5.74, 6) is -0.565. The van der Waals surface area contributed by atoms with Crippen molar-refractivity contribution in [2.75, 3.05) is 18.4 Å². The van der Waals surface area contributed by atoms with Gasteiger partial charge in [-0.2, -0.15) is 0 Å². The van der Waals surface area contributed by atoms with Crippen LogP contribution < -0.4 is 5.32 Å². The Labute approximate surface area is 233 Å². The van der Waals surface area contributed by atoms with E-state index in [4.69, 9.17) is 4.74 Å². The van der Waals surface area contributed by atoms with E-state index < -0.39 is 23.8 Å². The van der Waals surface area contributed by atoms with Gasteiger partial charge in [-0.1, -0.05) is 109 Å². The van der Waals surface area contributed by atoms with Crippen molar-refractivity contribution < 1.29 is 19.1 Å². The van der Waals surface area contributed by atoms with Crippen molar-refractivity contribution in [1.82, 2.24) is 9.80 Å². The molecule has 4 aromatic carbocycles. The molecule has 2 aliphatic rings. The third kappa shape index (κ3) is 4.71. The van der Waals surface area contributed by atoms with Gasteiger partial charge in [-0.25, -0.2) is 4.79 Å². The molecule has 7 heteroatoms. The number of carbonyl (C=O) groups is 3. The van der Waals surface area contributed by atoms with Crippen molar-refractivity contribution in [2.45, 2.75) is 24.1 Å². The molecule has 3 atom stereocenters. The highest BCUT2D eigenvalue weighted by molar-refractivity contribution is 6.01. The molecule has 0 saturated carbocycles. The van der Waals surface area contributed by atoms with Crippen LogP contribution in [0.3, 0.4) is 0 Å². The van der Waals surface area contributed by atoms with E-state index in [9.17, 15) is 14.4 Å². The number of amides is 3. The molecule has 40 heavy (non-hydrogen) atoms. The van der Waals surface area contributed by atoms with Crippen LogP contribution in [0.4, 0.5) is 10.5 Å². The van der Waals surface area contributed by atoms with E-state index in [-0.39, 0.29) is 24.9 Å². The molecule has 200 valence electrons. The van der Waals surface area contributed by atoms with Crippen molar-refractivity contribution in [3.05, 3.63) is 138 Å². The predicted octanol–water partition coefficient (Wildman–Crippen LogP) is 5.38. The summed E-state index contributed by atoms with van der Waals surface area (Å²) < 4.78 is 6.03. The van der Waals surface area contributed by atoms with Crippen LogP contribution in [0.5, 0.6) is 0 Å². The number of likely N-dealkylation sites (tertiary alicyclic amines) is 1. The van der Waals surface area contributed by atoms with Crippen LogP contribution >= 0.6 is 0 Å². The first-order valence-corrected chi connectivity index (χ1v) is 13.3. The number of β-lactam (4-membered cyclic amide) rings is 1. The standard InChI is InChI=1S/C33H29N3O4/c37-28(34-27-19-11-4-12-20-27)22-35-23-33(31(35)38,21-24-13-5-1-6-14-24)36-29(25-15-7-2-8-16-25)30(40-32(36)39)26-17-9-3-10-18-26/h1-20,29-30H,21-23H2,(H,34,37)/t29-,30+,33+/m0/s1. The molecule has 6 rings (SSSR count). The minimum Gasteiger partial charge on any atom is -0.439 e. The van der Waals surface area contributed by atoms with Crippen LogP contribution in [0, 0.1) is 0 Å².